The van der Waals surface area contributed by atoms with Crippen molar-refractivity contribution in [3.63, 3.8) is 0 Å². The molecule has 10 heteroatoms. The Morgan fingerprint density at radius 1 is 1.18 bits per heavy atom. The van der Waals surface area contributed by atoms with Crippen LogP contribution in [0.2, 0.25) is 0 Å². The molecule has 1 heterocycles. The summed E-state index contributed by atoms with van der Waals surface area (Å²) >= 11 is 3.33. The lowest BCUT2D eigenvalue weighted by atomic mass is 10.1. The van der Waals surface area contributed by atoms with E-state index in [1.807, 2.05) is 0 Å². The van der Waals surface area contributed by atoms with Crippen LogP contribution in [0.25, 0.3) is 6.08 Å². The van der Waals surface area contributed by atoms with E-state index in [0.717, 1.165) is 33.1 Å². The van der Waals surface area contributed by atoms with Gasteiger partial charge in [-0.1, -0.05) is 22.0 Å². The van der Waals surface area contributed by atoms with Crippen LogP contribution in [0.3, 0.4) is 0 Å². The molecule has 0 aliphatic carbocycles. The van der Waals surface area contributed by atoms with Crippen molar-refractivity contribution < 1.29 is 24.4 Å². The molecule has 9 nitrogen and oxygen atoms in total. The maximum absolute atomic E-state index is 12.8. The normalized spacial score (nSPS) is 15.7. The minimum atomic E-state index is -0.921. The van der Waals surface area contributed by atoms with E-state index < -0.39 is 34.2 Å². The third-order valence-electron chi connectivity index (χ3n) is 4.01. The first-order valence-corrected chi connectivity index (χ1v) is 8.63. The van der Waals surface area contributed by atoms with Gasteiger partial charge in [0.2, 0.25) is 0 Å². The van der Waals surface area contributed by atoms with Gasteiger partial charge < -0.3 is 5.11 Å². The SMILES string of the molecule is Cc1cc(N2C(=O)NC(=O)C(=Cc3ccc(O)c([N+](=O)[O-])c3)C2=O)ccc1Br. The predicted octanol–water partition coefficient (Wildman–Crippen LogP) is 3.04. The number of phenolic OH excluding ortho intramolecular Hbond substituents is 1. The Kier molecular flexibility index (Phi) is 4.97. The van der Waals surface area contributed by atoms with Crippen molar-refractivity contribution in [3.05, 3.63) is 67.7 Å². The number of hydrogen-bond donors (Lipinski definition) is 2. The van der Waals surface area contributed by atoms with E-state index in [4.69, 9.17) is 0 Å². The fourth-order valence-electron chi connectivity index (χ4n) is 2.60. The van der Waals surface area contributed by atoms with Crippen molar-refractivity contribution in [3.8, 4) is 5.75 Å². The fraction of sp³-hybridized carbons (Fsp3) is 0.0556. The number of nitrogens with one attached hydrogen (secondary N) is 1. The van der Waals surface area contributed by atoms with Crippen LogP contribution in [0.5, 0.6) is 5.75 Å². The number of nitro groups is 1. The summed E-state index contributed by atoms with van der Waals surface area (Å²) < 4.78 is 0.782. The third-order valence-corrected chi connectivity index (χ3v) is 4.90. The van der Waals surface area contributed by atoms with Crippen LogP contribution in [0.15, 0.2) is 46.4 Å². The van der Waals surface area contributed by atoms with Gasteiger partial charge in [-0.3, -0.25) is 25.0 Å². The highest BCUT2D eigenvalue weighted by Crippen LogP contribution is 2.29. The Bertz CT molecular complexity index is 1080. The molecule has 0 spiro atoms. The van der Waals surface area contributed by atoms with Gasteiger partial charge in [0.15, 0.2) is 5.75 Å². The van der Waals surface area contributed by atoms with Gasteiger partial charge in [0.1, 0.15) is 5.57 Å². The van der Waals surface area contributed by atoms with Gasteiger partial charge in [-0.2, -0.15) is 0 Å². The number of hydrogen-bond acceptors (Lipinski definition) is 6. The molecule has 0 aromatic heterocycles. The van der Waals surface area contributed by atoms with E-state index in [1.165, 1.54) is 12.1 Å². The zero-order valence-corrected chi connectivity index (χ0v) is 15.9. The topological polar surface area (TPSA) is 130 Å². The number of anilines is 1. The average molecular weight is 446 g/mol. The summed E-state index contributed by atoms with van der Waals surface area (Å²) in [7, 11) is 0. The van der Waals surface area contributed by atoms with Gasteiger partial charge in [-0.05, 0) is 48.4 Å². The Morgan fingerprint density at radius 2 is 1.89 bits per heavy atom. The minimum absolute atomic E-state index is 0.143. The molecule has 0 radical (unpaired) electrons. The molecule has 2 aromatic carbocycles. The molecule has 1 saturated heterocycles. The number of rotatable bonds is 3. The second-order valence-electron chi connectivity index (χ2n) is 5.90. The Hall–Kier alpha value is -3.53. The first kappa shape index (κ1) is 19.2. The lowest BCUT2D eigenvalue weighted by molar-refractivity contribution is -0.385. The molecule has 4 amide bonds. The molecule has 1 aliphatic rings. The molecule has 0 saturated carbocycles. The van der Waals surface area contributed by atoms with Crippen LogP contribution in [-0.4, -0.2) is 27.9 Å². The second kappa shape index (κ2) is 7.24. The summed E-state index contributed by atoms with van der Waals surface area (Å²) in [5.41, 5.74) is 0.229. The highest BCUT2D eigenvalue weighted by atomic mass is 79.9. The monoisotopic (exact) mass is 445 g/mol. The molecule has 1 fully saturated rings. The van der Waals surface area contributed by atoms with Crippen molar-refractivity contribution >= 4 is 51.2 Å². The van der Waals surface area contributed by atoms with Crippen LogP contribution in [-0.2, 0) is 9.59 Å². The van der Waals surface area contributed by atoms with Crippen LogP contribution >= 0.6 is 15.9 Å². The van der Waals surface area contributed by atoms with E-state index >= 15 is 0 Å². The van der Waals surface area contributed by atoms with Crippen molar-refractivity contribution in [2.24, 2.45) is 0 Å². The summed E-state index contributed by atoms with van der Waals surface area (Å²) in [4.78, 5) is 48.2. The number of carbonyl (C=O) groups is 3. The van der Waals surface area contributed by atoms with Crippen LogP contribution in [0.1, 0.15) is 11.1 Å². The van der Waals surface area contributed by atoms with Gasteiger partial charge >= 0.3 is 11.7 Å². The maximum atomic E-state index is 12.8. The number of carbonyl (C=O) groups excluding carboxylic acids is 3. The second-order valence-corrected chi connectivity index (χ2v) is 6.75. The quantitative estimate of drug-likeness (QED) is 0.323. The van der Waals surface area contributed by atoms with Crippen LogP contribution in [0, 0.1) is 17.0 Å². The number of aryl methyl sites for hydroxylation is 1. The number of phenols is 1. The number of nitrogens with zero attached hydrogens (tertiary/aromatic N) is 2. The lowest BCUT2D eigenvalue weighted by Crippen LogP contribution is -2.54. The van der Waals surface area contributed by atoms with Gasteiger partial charge in [-0.25, -0.2) is 9.69 Å². The molecule has 2 aromatic rings. The summed E-state index contributed by atoms with van der Waals surface area (Å²) in [5, 5.41) is 22.6. The average Bonchev–Trinajstić information content (AvgIpc) is 2.62. The van der Waals surface area contributed by atoms with Crippen molar-refractivity contribution in [2.75, 3.05) is 4.90 Å². The lowest BCUT2D eigenvalue weighted by Gasteiger charge is -2.26. The van der Waals surface area contributed by atoms with Gasteiger partial charge in [0, 0.05) is 10.5 Å². The van der Waals surface area contributed by atoms with E-state index in [0.29, 0.717) is 0 Å². The number of amides is 4. The van der Waals surface area contributed by atoms with Gasteiger partial charge in [0.05, 0.1) is 10.6 Å². The highest BCUT2D eigenvalue weighted by Gasteiger charge is 2.37. The summed E-state index contributed by atoms with van der Waals surface area (Å²) in [5.74, 6) is -2.34. The molecule has 0 atom stereocenters. The number of urea groups is 1. The highest BCUT2D eigenvalue weighted by molar-refractivity contribution is 9.10. The number of nitro benzene ring substituents is 1. The van der Waals surface area contributed by atoms with E-state index in [-0.39, 0.29) is 16.8 Å². The predicted molar refractivity (Wildman–Crippen MR) is 103 cm³/mol. The maximum Gasteiger partial charge on any atom is 0.335 e. The molecule has 142 valence electrons. The smallest absolute Gasteiger partial charge is 0.335 e. The van der Waals surface area contributed by atoms with Gasteiger partial charge in [0.25, 0.3) is 11.8 Å². The molecule has 28 heavy (non-hydrogen) atoms. The first-order chi connectivity index (χ1) is 13.2. The third kappa shape index (κ3) is 3.49. The number of benzene rings is 2. The Balaban J connectivity index is 2.05. The van der Waals surface area contributed by atoms with Crippen LogP contribution < -0.4 is 10.2 Å². The number of halogens is 1. The van der Waals surface area contributed by atoms with E-state index in [9.17, 15) is 29.6 Å². The summed E-state index contributed by atoms with van der Waals surface area (Å²) in [6.45, 7) is 1.78. The Morgan fingerprint density at radius 3 is 2.54 bits per heavy atom. The zero-order valence-electron chi connectivity index (χ0n) is 14.3. The summed E-state index contributed by atoms with van der Waals surface area (Å²) in [6, 6.07) is 7.30. The molecule has 0 unspecified atom stereocenters. The van der Waals surface area contributed by atoms with Crippen molar-refractivity contribution in [2.45, 2.75) is 6.92 Å². The standard InChI is InChI=1S/C18H12BrN3O6/c1-9-6-11(3-4-13(9)19)21-17(25)12(16(24)20-18(21)26)7-10-2-5-15(23)14(8-10)22(27)28/h2-8,23H,1H3,(H,20,24,26). The van der Waals surface area contributed by atoms with Crippen molar-refractivity contribution in [1.82, 2.24) is 5.32 Å². The van der Waals surface area contributed by atoms with Crippen LogP contribution in [0.4, 0.5) is 16.2 Å². The molecule has 0 bridgehead atoms. The molecule has 1 aliphatic heterocycles. The molecular formula is C18H12BrN3O6. The zero-order chi connectivity index (χ0) is 20.6. The fourth-order valence-corrected chi connectivity index (χ4v) is 2.85. The summed E-state index contributed by atoms with van der Waals surface area (Å²) in [6.07, 6.45) is 1.12. The Labute approximate surface area is 166 Å². The van der Waals surface area contributed by atoms with E-state index in [2.05, 4.69) is 21.2 Å². The number of aromatic hydroxyl groups is 1. The minimum Gasteiger partial charge on any atom is -0.502 e. The molecule has 2 N–H and O–H groups in total. The van der Waals surface area contributed by atoms with E-state index in [1.54, 1.807) is 19.1 Å². The molecular weight excluding hydrogens is 434 g/mol. The first-order valence-electron chi connectivity index (χ1n) is 7.84. The number of barbiturate groups is 1. The number of imide groups is 2. The largest absolute Gasteiger partial charge is 0.502 e. The molecule has 3 rings (SSSR count). The van der Waals surface area contributed by atoms with Crippen molar-refractivity contribution in [1.29, 1.82) is 0 Å². The van der Waals surface area contributed by atoms with Gasteiger partial charge in [-0.15, -0.1) is 0 Å².